The summed E-state index contributed by atoms with van der Waals surface area (Å²) in [5.74, 6) is -0.526. The molecule has 0 spiro atoms. The van der Waals surface area contributed by atoms with Crippen molar-refractivity contribution in [2.45, 2.75) is 44.9 Å². The number of hydrogen-bond donors (Lipinski definition) is 0. The van der Waals surface area contributed by atoms with Crippen molar-refractivity contribution >= 4 is 27.6 Å². The summed E-state index contributed by atoms with van der Waals surface area (Å²) in [5, 5.41) is 2.06. The van der Waals surface area contributed by atoms with Crippen LogP contribution in [0.2, 0.25) is 0 Å². The van der Waals surface area contributed by atoms with Crippen molar-refractivity contribution in [1.29, 1.82) is 0 Å². The molecule has 5 aromatic rings. The summed E-state index contributed by atoms with van der Waals surface area (Å²) in [4.78, 5) is 3.82. The Morgan fingerprint density at radius 2 is 1.63 bits per heavy atom. The summed E-state index contributed by atoms with van der Waals surface area (Å²) in [5.41, 5.74) is 8.31. The first kappa shape index (κ1) is 20.5. The van der Waals surface area contributed by atoms with Gasteiger partial charge in [0.05, 0.1) is 12.1 Å². The molecule has 1 saturated carbocycles. The summed E-state index contributed by atoms with van der Waals surface area (Å²) in [6, 6.07) is 22.6. The van der Waals surface area contributed by atoms with E-state index in [-0.39, 0.29) is 0 Å². The van der Waals surface area contributed by atoms with Crippen molar-refractivity contribution in [2.24, 2.45) is 7.05 Å². The normalized spacial score (nSPS) is 15.7. The number of nitrogens with zero attached hydrogens (tertiary/aromatic N) is 2. The Morgan fingerprint density at radius 1 is 0.914 bits per heavy atom. The Hall–Kier alpha value is -3.90. The molecule has 3 nitrogen and oxygen atoms in total. The van der Waals surface area contributed by atoms with Crippen LogP contribution in [0.4, 0.5) is 5.69 Å². The van der Waals surface area contributed by atoms with Crippen LogP contribution in [-0.4, -0.2) is 0 Å². The monoisotopic (exact) mass is 458 g/mol. The summed E-state index contributed by atoms with van der Waals surface area (Å²) < 4.78 is 18.0. The van der Waals surface area contributed by atoms with E-state index >= 15 is 0 Å². The lowest BCUT2D eigenvalue weighted by molar-refractivity contribution is -0.660. The number of fused-ring (bicyclic) bond motifs is 3. The average Bonchev–Trinajstić information content (AvgIpc) is 3.28. The highest BCUT2D eigenvalue weighted by Crippen LogP contribution is 2.44. The van der Waals surface area contributed by atoms with Gasteiger partial charge in [-0.25, -0.2) is 9.41 Å². The Morgan fingerprint density at radius 3 is 2.37 bits per heavy atom. The highest BCUT2D eigenvalue weighted by Gasteiger charge is 2.25. The molecule has 35 heavy (non-hydrogen) atoms. The SMILES string of the molecule is [2H]C1(c2cc[n+](C)c(-c3c(C)ccc4c3oc3c(-c5ccccc5)c([N+]#[C-])ccc34)c2)CCCCC1. The molecule has 2 aromatic heterocycles. The van der Waals surface area contributed by atoms with Crippen LogP contribution >= 0.6 is 0 Å². The molecule has 0 radical (unpaired) electrons. The Kier molecular flexibility index (Phi) is 5.09. The van der Waals surface area contributed by atoms with Gasteiger partial charge in [0.15, 0.2) is 11.9 Å². The van der Waals surface area contributed by atoms with E-state index in [1.807, 2.05) is 42.5 Å². The molecule has 2 heterocycles. The lowest BCUT2D eigenvalue weighted by atomic mass is 9.84. The molecule has 0 amide bonds. The van der Waals surface area contributed by atoms with Gasteiger partial charge in [-0.3, -0.25) is 0 Å². The molecule has 0 N–H and O–H groups in total. The molecule has 0 aliphatic heterocycles. The van der Waals surface area contributed by atoms with Gasteiger partial charge in [0.2, 0.25) is 5.69 Å². The zero-order valence-corrected chi connectivity index (χ0v) is 20.3. The molecule has 0 atom stereocenters. The zero-order chi connectivity index (χ0) is 24.9. The summed E-state index contributed by atoms with van der Waals surface area (Å²) in [6.45, 7) is 9.90. The van der Waals surface area contributed by atoms with Gasteiger partial charge >= 0.3 is 0 Å². The maximum Gasteiger partial charge on any atom is 0.216 e. The minimum atomic E-state index is -0.526. The molecule has 6 rings (SSSR count). The molecule has 1 aliphatic rings. The molecule has 1 aliphatic carbocycles. The highest BCUT2D eigenvalue weighted by atomic mass is 16.3. The first-order valence-corrected chi connectivity index (χ1v) is 12.4. The molecule has 172 valence electrons. The van der Waals surface area contributed by atoms with Gasteiger partial charge in [-0.05, 0) is 42.3 Å². The quantitative estimate of drug-likeness (QED) is 0.196. The zero-order valence-electron chi connectivity index (χ0n) is 21.3. The Labute approximate surface area is 207 Å². The maximum atomic E-state index is 9.20. The van der Waals surface area contributed by atoms with E-state index in [1.165, 1.54) is 6.42 Å². The van der Waals surface area contributed by atoms with Crippen molar-refractivity contribution in [2.75, 3.05) is 0 Å². The topological polar surface area (TPSA) is 21.4 Å². The van der Waals surface area contributed by atoms with Crippen LogP contribution in [0.1, 0.15) is 50.5 Å². The van der Waals surface area contributed by atoms with Crippen LogP contribution in [0, 0.1) is 13.5 Å². The number of hydrogen-bond acceptors (Lipinski definition) is 1. The van der Waals surface area contributed by atoms with Gasteiger partial charge in [-0.15, -0.1) is 0 Å². The van der Waals surface area contributed by atoms with Crippen LogP contribution in [0.15, 0.2) is 77.3 Å². The Balaban J connectivity index is 1.64. The second kappa shape index (κ2) is 8.71. The number of benzene rings is 3. The number of aromatic nitrogens is 1. The van der Waals surface area contributed by atoms with Crippen molar-refractivity contribution in [3.05, 3.63) is 95.5 Å². The Bertz CT molecular complexity index is 1650. The van der Waals surface area contributed by atoms with Crippen molar-refractivity contribution in [1.82, 2.24) is 0 Å². The average molecular weight is 459 g/mol. The van der Waals surface area contributed by atoms with E-state index < -0.39 is 5.89 Å². The predicted molar refractivity (Wildman–Crippen MR) is 143 cm³/mol. The van der Waals surface area contributed by atoms with Gasteiger partial charge in [0.25, 0.3) is 0 Å². The molecular weight excluding hydrogens is 428 g/mol. The van der Waals surface area contributed by atoms with E-state index in [1.54, 1.807) is 0 Å². The third kappa shape index (κ3) is 3.61. The molecule has 3 heteroatoms. The largest absolute Gasteiger partial charge is 0.456 e. The van der Waals surface area contributed by atoms with Crippen molar-refractivity contribution in [3.63, 3.8) is 0 Å². The maximum absolute atomic E-state index is 9.20. The highest BCUT2D eigenvalue weighted by molar-refractivity contribution is 6.15. The second-order valence-electron chi connectivity index (χ2n) is 9.63. The smallest absolute Gasteiger partial charge is 0.216 e. The van der Waals surface area contributed by atoms with E-state index in [4.69, 9.17) is 11.0 Å². The van der Waals surface area contributed by atoms with Gasteiger partial charge < -0.3 is 4.42 Å². The fraction of sp³-hybridized carbons (Fsp3) is 0.250. The molecule has 3 aromatic carbocycles. The molecule has 0 unspecified atom stereocenters. The van der Waals surface area contributed by atoms with E-state index in [2.05, 4.69) is 53.8 Å². The van der Waals surface area contributed by atoms with Crippen LogP contribution in [-0.2, 0) is 7.05 Å². The number of aryl methyl sites for hydroxylation is 2. The fourth-order valence-corrected chi connectivity index (χ4v) is 5.59. The van der Waals surface area contributed by atoms with E-state index in [0.717, 1.165) is 81.1 Å². The first-order valence-electron chi connectivity index (χ1n) is 12.9. The van der Waals surface area contributed by atoms with E-state index in [0.29, 0.717) is 5.69 Å². The van der Waals surface area contributed by atoms with Gasteiger partial charge in [-0.1, -0.05) is 73.9 Å². The van der Waals surface area contributed by atoms with Gasteiger partial charge in [0, 0.05) is 29.8 Å². The van der Waals surface area contributed by atoms with Gasteiger partial charge in [-0.2, -0.15) is 0 Å². The van der Waals surface area contributed by atoms with Crippen LogP contribution < -0.4 is 4.57 Å². The summed E-state index contributed by atoms with van der Waals surface area (Å²) >= 11 is 0. The van der Waals surface area contributed by atoms with E-state index in [9.17, 15) is 1.37 Å². The third-order valence-electron chi connectivity index (χ3n) is 7.45. The lowest BCUT2D eigenvalue weighted by Crippen LogP contribution is -2.31. The minimum Gasteiger partial charge on any atom is -0.456 e. The second-order valence-corrected chi connectivity index (χ2v) is 9.63. The lowest BCUT2D eigenvalue weighted by Gasteiger charge is -2.21. The standard InChI is InChI=1S/C32H29N2O/c1-21-14-15-25-26-16-17-27(33-2)30(23-12-8-5-9-13-23)32(26)35-31(25)29(21)28-20-24(18-19-34(28)3)22-10-6-4-7-11-22/h5,8-9,12-20,22H,4,6-7,10-11H2,1,3H3/q+1/i22D. The van der Waals surface area contributed by atoms with Gasteiger partial charge in [0.1, 0.15) is 18.2 Å². The molecule has 0 bridgehead atoms. The number of rotatable bonds is 3. The molecular formula is C32H29N2O+. The predicted octanol–water partition coefficient (Wildman–Crippen LogP) is 8.65. The van der Waals surface area contributed by atoms with Crippen LogP contribution in [0.3, 0.4) is 0 Å². The van der Waals surface area contributed by atoms with Crippen molar-refractivity contribution < 1.29 is 10.4 Å². The number of furan rings is 1. The minimum absolute atomic E-state index is 0.526. The van der Waals surface area contributed by atoms with Crippen molar-refractivity contribution in [3.8, 4) is 22.4 Å². The number of pyridine rings is 1. The first-order chi connectivity index (χ1) is 17.5. The third-order valence-corrected chi connectivity index (χ3v) is 7.45. The van der Waals surface area contributed by atoms with Crippen LogP contribution in [0.5, 0.6) is 0 Å². The molecule has 0 saturated heterocycles. The molecule has 1 fully saturated rings. The summed E-state index contributed by atoms with van der Waals surface area (Å²) in [6.07, 6.45) is 7.36. The fourth-order valence-electron chi connectivity index (χ4n) is 5.59. The summed E-state index contributed by atoms with van der Waals surface area (Å²) in [7, 11) is 2.06. The van der Waals surface area contributed by atoms with Crippen LogP contribution in [0.25, 0.3) is 49.2 Å².